The fourth-order valence-electron chi connectivity index (χ4n) is 0.915. The molecule has 2 aromatic rings. The molecule has 1 nitrogen and oxygen atoms in total. The van der Waals surface area contributed by atoms with E-state index in [2.05, 4.69) is 28.1 Å². The summed E-state index contributed by atoms with van der Waals surface area (Å²) in [5, 5.41) is 0. The van der Waals surface area contributed by atoms with Crippen LogP contribution in [-0.2, 0) is 0 Å². The summed E-state index contributed by atoms with van der Waals surface area (Å²) in [7, 11) is 0. The fourth-order valence-corrected chi connectivity index (χ4v) is 2.42. The Kier molecular flexibility index (Phi) is 1.50. The van der Waals surface area contributed by atoms with Crippen molar-refractivity contribution in [2.75, 3.05) is 0 Å². The number of hydrogen-bond acceptors (Lipinski definition) is 0. The second kappa shape index (κ2) is 2.49. The van der Waals surface area contributed by atoms with Gasteiger partial charge in [-0.3, -0.25) is 0 Å². The normalized spacial score (nSPS) is 10.0. The Labute approximate surface area is 65.5 Å². The zero-order valence-electron chi connectivity index (χ0n) is 5.37. The van der Waals surface area contributed by atoms with E-state index in [-0.39, 0.29) is 0 Å². The molecule has 0 aromatic carbocycles. The van der Waals surface area contributed by atoms with Crippen LogP contribution in [0.1, 0.15) is 0 Å². The average Bonchev–Trinajstić information content (AvgIpc) is 2.59. The quantitative estimate of drug-likeness (QED) is 0.668. The molecule has 2 heterocycles. The van der Waals surface area contributed by atoms with Crippen molar-refractivity contribution in [3.8, 4) is 10.1 Å². The Balaban J connectivity index is 2.48. The van der Waals surface area contributed by atoms with E-state index in [4.69, 9.17) is 0 Å². The van der Waals surface area contributed by atoms with Gasteiger partial charge in [0.05, 0.1) is 0 Å². The molecular formula is C8H7NSe. The summed E-state index contributed by atoms with van der Waals surface area (Å²) in [5.74, 6) is 0. The van der Waals surface area contributed by atoms with E-state index in [0.717, 1.165) is 0 Å². The molecule has 2 heteroatoms. The van der Waals surface area contributed by atoms with Crippen molar-refractivity contribution in [1.29, 1.82) is 0 Å². The molecule has 0 aliphatic rings. The van der Waals surface area contributed by atoms with Gasteiger partial charge in [-0.25, -0.2) is 0 Å². The molecule has 2 aromatic heterocycles. The SMILES string of the molecule is c1c[nH]c(-c2ccc[se]2)c1. The van der Waals surface area contributed by atoms with E-state index in [1.807, 2.05) is 12.3 Å². The first kappa shape index (κ1) is 6.02. The molecule has 0 fully saturated rings. The van der Waals surface area contributed by atoms with E-state index in [0.29, 0.717) is 14.5 Å². The van der Waals surface area contributed by atoms with Crippen LogP contribution in [0.4, 0.5) is 0 Å². The molecule has 0 saturated heterocycles. The zero-order chi connectivity index (χ0) is 6.81. The second-order valence-corrected chi connectivity index (χ2v) is 4.05. The standard InChI is InChI=1S/C8H7NSe/c1-3-7(9-5-1)8-4-2-6-10-8/h1-6,9H. The number of aromatic amines is 1. The Morgan fingerprint density at radius 1 is 1.20 bits per heavy atom. The zero-order valence-corrected chi connectivity index (χ0v) is 7.09. The maximum atomic E-state index is 3.19. The third-order valence-corrected chi connectivity index (χ3v) is 3.28. The van der Waals surface area contributed by atoms with Crippen LogP contribution < -0.4 is 0 Å². The Morgan fingerprint density at radius 3 is 2.80 bits per heavy atom. The van der Waals surface area contributed by atoms with Gasteiger partial charge in [0.25, 0.3) is 0 Å². The van der Waals surface area contributed by atoms with Gasteiger partial charge in [0.15, 0.2) is 0 Å². The summed E-state index contributed by atoms with van der Waals surface area (Å²) in [4.78, 5) is 5.41. The predicted molar refractivity (Wildman–Crippen MR) is 43.2 cm³/mol. The molecule has 10 heavy (non-hydrogen) atoms. The van der Waals surface area contributed by atoms with Crippen molar-refractivity contribution in [2.24, 2.45) is 0 Å². The molecule has 0 radical (unpaired) electrons. The topological polar surface area (TPSA) is 15.8 Å². The van der Waals surface area contributed by atoms with Gasteiger partial charge in [-0.1, -0.05) is 0 Å². The van der Waals surface area contributed by atoms with Crippen LogP contribution in [0.5, 0.6) is 0 Å². The van der Waals surface area contributed by atoms with Crippen molar-refractivity contribution < 1.29 is 0 Å². The van der Waals surface area contributed by atoms with Crippen LogP contribution in [0.15, 0.2) is 35.4 Å². The molecule has 0 bridgehead atoms. The minimum atomic E-state index is 0.560. The third-order valence-electron chi connectivity index (χ3n) is 1.38. The first-order chi connectivity index (χ1) is 4.97. The van der Waals surface area contributed by atoms with Crippen molar-refractivity contribution >= 4 is 14.5 Å². The monoisotopic (exact) mass is 197 g/mol. The summed E-state index contributed by atoms with van der Waals surface area (Å²) >= 11 is 0.560. The van der Waals surface area contributed by atoms with Crippen LogP contribution in [0.2, 0.25) is 0 Å². The third kappa shape index (κ3) is 0.961. The van der Waals surface area contributed by atoms with Crippen molar-refractivity contribution in [2.45, 2.75) is 0 Å². The van der Waals surface area contributed by atoms with E-state index < -0.39 is 0 Å². The van der Waals surface area contributed by atoms with Crippen LogP contribution >= 0.6 is 0 Å². The molecule has 0 aliphatic carbocycles. The average molecular weight is 196 g/mol. The molecule has 0 saturated carbocycles. The predicted octanol–water partition coefficient (Wildman–Crippen LogP) is 1.74. The summed E-state index contributed by atoms with van der Waals surface area (Å²) in [5.41, 5.74) is 1.27. The van der Waals surface area contributed by atoms with Gasteiger partial charge in [-0.2, -0.15) is 0 Å². The van der Waals surface area contributed by atoms with E-state index in [1.54, 1.807) is 0 Å². The van der Waals surface area contributed by atoms with Gasteiger partial charge in [0, 0.05) is 0 Å². The molecule has 2 rings (SSSR count). The van der Waals surface area contributed by atoms with Gasteiger partial charge < -0.3 is 0 Å². The number of aromatic nitrogens is 1. The fraction of sp³-hybridized carbons (Fsp3) is 0. The van der Waals surface area contributed by atoms with Crippen molar-refractivity contribution in [3.05, 3.63) is 35.4 Å². The van der Waals surface area contributed by atoms with E-state index in [9.17, 15) is 0 Å². The summed E-state index contributed by atoms with van der Waals surface area (Å²) in [6.45, 7) is 0. The Bertz CT molecular complexity index is 249. The molecule has 50 valence electrons. The summed E-state index contributed by atoms with van der Waals surface area (Å²) in [6.07, 6.45) is 1.96. The summed E-state index contributed by atoms with van der Waals surface area (Å²) < 4.78 is 1.44. The molecular weight excluding hydrogens is 189 g/mol. The van der Waals surface area contributed by atoms with Crippen LogP contribution in [0, 0.1) is 0 Å². The van der Waals surface area contributed by atoms with Crippen LogP contribution in [-0.4, -0.2) is 19.5 Å². The van der Waals surface area contributed by atoms with Gasteiger partial charge in [-0.15, -0.1) is 0 Å². The van der Waals surface area contributed by atoms with Crippen LogP contribution in [0.25, 0.3) is 10.1 Å². The molecule has 0 amide bonds. The van der Waals surface area contributed by atoms with Gasteiger partial charge >= 0.3 is 65.0 Å². The van der Waals surface area contributed by atoms with Gasteiger partial charge in [-0.05, 0) is 0 Å². The number of hydrogen-bond donors (Lipinski definition) is 1. The number of H-pyrrole nitrogens is 1. The Hall–Kier alpha value is -0.721. The first-order valence-electron chi connectivity index (χ1n) is 3.14. The van der Waals surface area contributed by atoms with E-state index in [1.165, 1.54) is 10.1 Å². The van der Waals surface area contributed by atoms with Crippen LogP contribution in [0.3, 0.4) is 0 Å². The Morgan fingerprint density at radius 2 is 2.20 bits per heavy atom. The van der Waals surface area contributed by atoms with Gasteiger partial charge in [0.1, 0.15) is 0 Å². The van der Waals surface area contributed by atoms with E-state index >= 15 is 0 Å². The molecule has 0 atom stereocenters. The van der Waals surface area contributed by atoms with Crippen molar-refractivity contribution in [3.63, 3.8) is 0 Å². The molecule has 0 unspecified atom stereocenters. The first-order valence-corrected chi connectivity index (χ1v) is 4.98. The molecule has 1 N–H and O–H groups in total. The number of nitrogens with one attached hydrogen (secondary N) is 1. The summed E-state index contributed by atoms with van der Waals surface area (Å²) in [6, 6.07) is 8.44. The maximum absolute atomic E-state index is 3.19. The van der Waals surface area contributed by atoms with Crippen molar-refractivity contribution in [1.82, 2.24) is 4.98 Å². The minimum absolute atomic E-state index is 0.560. The molecule has 0 aliphatic heterocycles. The molecule has 0 spiro atoms. The number of rotatable bonds is 1. The van der Waals surface area contributed by atoms with Gasteiger partial charge in [0.2, 0.25) is 0 Å². The second-order valence-electron chi connectivity index (χ2n) is 2.06.